The third-order valence-corrected chi connectivity index (χ3v) is 5.59. The van der Waals surface area contributed by atoms with Crippen LogP contribution in [0.5, 0.6) is 11.5 Å². The fourth-order valence-corrected chi connectivity index (χ4v) is 3.92. The number of hydrogen-bond acceptors (Lipinski definition) is 3. The van der Waals surface area contributed by atoms with Crippen LogP contribution in [-0.2, 0) is 0 Å². The van der Waals surface area contributed by atoms with E-state index >= 15 is 0 Å². The number of para-hydroxylation sites is 1. The van der Waals surface area contributed by atoms with Crippen molar-refractivity contribution >= 4 is 5.96 Å². The van der Waals surface area contributed by atoms with Gasteiger partial charge in [-0.1, -0.05) is 37.3 Å². The van der Waals surface area contributed by atoms with E-state index in [0.29, 0.717) is 11.8 Å². The van der Waals surface area contributed by atoms with Crippen LogP contribution in [0.1, 0.15) is 43.2 Å². The predicted octanol–water partition coefficient (Wildman–Crippen LogP) is 4.26. The smallest absolute Gasteiger partial charge is 0.193 e. The number of hydrogen-bond donors (Lipinski definition) is 1. The number of guanidine groups is 1. The Hall–Kier alpha value is -2.69. The molecule has 2 aromatic carbocycles. The number of nitrogens with one attached hydrogen (secondary N) is 1. The molecular weight excluding hydrogens is 362 g/mol. The summed E-state index contributed by atoms with van der Waals surface area (Å²) in [5.41, 5.74) is 2.57. The highest BCUT2D eigenvalue weighted by Crippen LogP contribution is 2.29. The van der Waals surface area contributed by atoms with Crippen LogP contribution >= 0.6 is 0 Å². The average molecular weight is 396 g/mol. The zero-order valence-electron chi connectivity index (χ0n) is 18.0. The predicted molar refractivity (Wildman–Crippen MR) is 119 cm³/mol. The van der Waals surface area contributed by atoms with Crippen molar-refractivity contribution in [3.63, 3.8) is 0 Å². The molecule has 1 N–H and O–H groups in total. The molecule has 1 aliphatic rings. The molecule has 5 heteroatoms. The van der Waals surface area contributed by atoms with Gasteiger partial charge in [-0.2, -0.15) is 0 Å². The van der Waals surface area contributed by atoms with Gasteiger partial charge in [-0.15, -0.1) is 0 Å². The highest BCUT2D eigenvalue weighted by atomic mass is 16.5. The van der Waals surface area contributed by atoms with Gasteiger partial charge in [0.2, 0.25) is 0 Å². The Morgan fingerprint density at radius 3 is 2.59 bits per heavy atom. The van der Waals surface area contributed by atoms with Crippen molar-refractivity contribution in [3.8, 4) is 11.5 Å². The van der Waals surface area contributed by atoms with Gasteiger partial charge in [0.15, 0.2) is 5.96 Å². The molecule has 0 spiro atoms. The van der Waals surface area contributed by atoms with Crippen molar-refractivity contribution in [2.24, 2.45) is 4.99 Å². The second-order valence-corrected chi connectivity index (χ2v) is 7.54. The molecule has 3 rings (SSSR count). The average Bonchev–Trinajstić information content (AvgIpc) is 3.26. The lowest BCUT2D eigenvalue weighted by Crippen LogP contribution is -2.40. The van der Waals surface area contributed by atoms with Crippen LogP contribution in [0.4, 0.5) is 0 Å². The summed E-state index contributed by atoms with van der Waals surface area (Å²) in [6, 6.07) is 16.7. The molecule has 0 aliphatic carbocycles. The molecule has 156 valence electrons. The van der Waals surface area contributed by atoms with Crippen LogP contribution in [0, 0.1) is 0 Å². The third kappa shape index (κ3) is 5.22. The molecule has 0 radical (unpaired) electrons. The van der Waals surface area contributed by atoms with Gasteiger partial charge >= 0.3 is 0 Å². The van der Waals surface area contributed by atoms with Gasteiger partial charge in [0.1, 0.15) is 11.5 Å². The number of nitrogens with zero attached hydrogens (tertiary/aromatic N) is 2. The van der Waals surface area contributed by atoms with Crippen molar-refractivity contribution in [3.05, 3.63) is 59.7 Å². The summed E-state index contributed by atoms with van der Waals surface area (Å²) in [4.78, 5) is 7.34. The van der Waals surface area contributed by atoms with Gasteiger partial charge in [-0.3, -0.25) is 4.99 Å². The zero-order valence-corrected chi connectivity index (χ0v) is 18.0. The molecule has 0 saturated carbocycles. The maximum absolute atomic E-state index is 5.52. The van der Waals surface area contributed by atoms with E-state index in [0.717, 1.165) is 50.1 Å². The van der Waals surface area contributed by atoms with Crippen LogP contribution in [-0.4, -0.2) is 51.3 Å². The number of methoxy groups -OCH3 is 2. The largest absolute Gasteiger partial charge is 0.497 e. The van der Waals surface area contributed by atoms with Crippen LogP contribution in [0.15, 0.2) is 53.5 Å². The quantitative estimate of drug-likeness (QED) is 0.562. The van der Waals surface area contributed by atoms with E-state index in [1.54, 1.807) is 14.2 Å². The van der Waals surface area contributed by atoms with Crippen LogP contribution in [0.3, 0.4) is 0 Å². The molecule has 1 heterocycles. The normalized spacial score (nSPS) is 17.9. The lowest BCUT2D eigenvalue weighted by atomic mass is 9.98. The minimum absolute atomic E-state index is 0.291. The Kier molecular flexibility index (Phi) is 7.39. The fourth-order valence-electron chi connectivity index (χ4n) is 3.92. The minimum atomic E-state index is 0.291. The number of benzene rings is 2. The van der Waals surface area contributed by atoms with Crippen LogP contribution < -0.4 is 14.8 Å². The Balaban J connectivity index is 1.67. The number of rotatable bonds is 7. The second-order valence-electron chi connectivity index (χ2n) is 7.54. The fraction of sp³-hybridized carbons (Fsp3) is 0.458. The number of aliphatic imine (C=N–C) groups is 1. The Morgan fingerprint density at radius 2 is 1.90 bits per heavy atom. The number of ether oxygens (including phenoxy) is 2. The topological polar surface area (TPSA) is 46.1 Å². The summed E-state index contributed by atoms with van der Waals surface area (Å²) >= 11 is 0. The first-order valence-corrected chi connectivity index (χ1v) is 10.5. The summed E-state index contributed by atoms with van der Waals surface area (Å²) < 4.78 is 10.8. The molecule has 2 atom stereocenters. The Morgan fingerprint density at radius 1 is 1.14 bits per heavy atom. The summed E-state index contributed by atoms with van der Waals surface area (Å²) in [5, 5.41) is 3.47. The van der Waals surface area contributed by atoms with Crippen LogP contribution in [0.2, 0.25) is 0 Å². The molecular formula is C24H33N3O2. The summed E-state index contributed by atoms with van der Waals surface area (Å²) in [6.07, 6.45) is 1.14. The number of likely N-dealkylation sites (tertiary alicyclic amines) is 1. The van der Waals surface area contributed by atoms with Crippen molar-refractivity contribution in [1.29, 1.82) is 0 Å². The standard InChI is InChI=1S/C24H33N3O2/c1-5-25-24(26-16-18(2)22-8-6-7-9-23(22)29-4)27-15-14-20(17-27)19-10-12-21(28-3)13-11-19/h6-13,18,20H,5,14-17H2,1-4H3,(H,25,26). The third-order valence-electron chi connectivity index (χ3n) is 5.59. The lowest BCUT2D eigenvalue weighted by molar-refractivity contribution is 0.406. The van der Waals surface area contributed by atoms with E-state index in [9.17, 15) is 0 Å². The molecule has 0 amide bonds. The Bertz CT molecular complexity index is 804. The zero-order chi connectivity index (χ0) is 20.6. The van der Waals surface area contributed by atoms with E-state index < -0.39 is 0 Å². The summed E-state index contributed by atoms with van der Waals surface area (Å²) in [5.74, 6) is 3.66. The molecule has 2 aromatic rings. The first-order valence-electron chi connectivity index (χ1n) is 10.5. The molecule has 1 saturated heterocycles. The van der Waals surface area contributed by atoms with E-state index in [2.05, 4.69) is 48.3 Å². The maximum atomic E-state index is 5.52. The molecule has 1 aliphatic heterocycles. The highest BCUT2D eigenvalue weighted by molar-refractivity contribution is 5.80. The van der Waals surface area contributed by atoms with Gasteiger partial charge in [0, 0.05) is 38.0 Å². The van der Waals surface area contributed by atoms with Gasteiger partial charge in [-0.05, 0) is 42.7 Å². The molecule has 0 bridgehead atoms. The molecule has 29 heavy (non-hydrogen) atoms. The first-order chi connectivity index (χ1) is 14.2. The van der Waals surface area contributed by atoms with Gasteiger partial charge in [0.05, 0.1) is 14.2 Å². The SMILES string of the molecule is CCNC(=NCC(C)c1ccccc1OC)N1CCC(c2ccc(OC)cc2)C1. The molecule has 0 aromatic heterocycles. The second kappa shape index (κ2) is 10.2. The minimum Gasteiger partial charge on any atom is -0.497 e. The summed E-state index contributed by atoms with van der Waals surface area (Å²) in [7, 11) is 3.43. The van der Waals surface area contributed by atoms with Crippen molar-refractivity contribution < 1.29 is 9.47 Å². The van der Waals surface area contributed by atoms with E-state index in [1.807, 2.05) is 24.3 Å². The van der Waals surface area contributed by atoms with E-state index in [-0.39, 0.29) is 0 Å². The molecule has 5 nitrogen and oxygen atoms in total. The van der Waals surface area contributed by atoms with Gasteiger partial charge in [0.25, 0.3) is 0 Å². The lowest BCUT2D eigenvalue weighted by Gasteiger charge is -2.23. The first kappa shape index (κ1) is 21.0. The van der Waals surface area contributed by atoms with Crippen molar-refractivity contribution in [1.82, 2.24) is 10.2 Å². The molecule has 1 fully saturated rings. The Labute approximate surface area is 174 Å². The summed E-state index contributed by atoms with van der Waals surface area (Å²) in [6.45, 7) is 7.93. The van der Waals surface area contributed by atoms with E-state index in [4.69, 9.17) is 14.5 Å². The monoisotopic (exact) mass is 395 g/mol. The maximum Gasteiger partial charge on any atom is 0.193 e. The molecule has 2 unspecified atom stereocenters. The van der Waals surface area contributed by atoms with E-state index in [1.165, 1.54) is 11.1 Å². The van der Waals surface area contributed by atoms with Gasteiger partial charge < -0.3 is 19.7 Å². The van der Waals surface area contributed by atoms with Crippen molar-refractivity contribution in [2.45, 2.75) is 32.1 Å². The van der Waals surface area contributed by atoms with Gasteiger partial charge in [-0.25, -0.2) is 0 Å². The highest BCUT2D eigenvalue weighted by Gasteiger charge is 2.26. The van der Waals surface area contributed by atoms with Crippen molar-refractivity contribution in [2.75, 3.05) is 40.4 Å². The van der Waals surface area contributed by atoms with Crippen LogP contribution in [0.25, 0.3) is 0 Å².